The number of fused-ring (bicyclic) bond motifs is 1. The van der Waals surface area contributed by atoms with Crippen LogP contribution in [0.25, 0.3) is 0 Å². The Balaban J connectivity index is 1.39. The van der Waals surface area contributed by atoms with Crippen LogP contribution in [0.1, 0.15) is 29.7 Å². The molecule has 2 amide bonds. The van der Waals surface area contributed by atoms with Gasteiger partial charge in [-0.15, -0.1) is 11.8 Å². The first-order valence-electron chi connectivity index (χ1n) is 12.9. The number of benzene rings is 3. The van der Waals surface area contributed by atoms with Gasteiger partial charge in [0.15, 0.2) is 6.10 Å². The number of rotatable bonds is 9. The SMILES string of the molecule is CC(=O)OCC1=C(C(=O)OC(c2ccccc2)c2ccccc2)N2C(=O)C(NC(=O)Cc3ccccc3)[C@@H]2SC1. The van der Waals surface area contributed by atoms with Gasteiger partial charge in [0.05, 0.1) is 6.42 Å². The summed E-state index contributed by atoms with van der Waals surface area (Å²) < 4.78 is 11.3. The summed E-state index contributed by atoms with van der Waals surface area (Å²) in [5.74, 6) is -1.57. The van der Waals surface area contributed by atoms with E-state index in [9.17, 15) is 19.2 Å². The van der Waals surface area contributed by atoms with Crippen molar-refractivity contribution in [3.8, 4) is 0 Å². The summed E-state index contributed by atoms with van der Waals surface area (Å²) in [5.41, 5.74) is 2.91. The summed E-state index contributed by atoms with van der Waals surface area (Å²) in [6.07, 6.45) is -0.580. The molecular weight excluding hydrogens is 528 g/mol. The van der Waals surface area contributed by atoms with Crippen molar-refractivity contribution in [2.24, 2.45) is 0 Å². The predicted octanol–water partition coefficient (Wildman–Crippen LogP) is 3.78. The second-order valence-corrected chi connectivity index (χ2v) is 10.6. The van der Waals surface area contributed by atoms with Crippen LogP contribution in [0.3, 0.4) is 0 Å². The third-order valence-electron chi connectivity index (χ3n) is 6.64. The van der Waals surface area contributed by atoms with E-state index >= 15 is 0 Å². The summed E-state index contributed by atoms with van der Waals surface area (Å²) in [6, 6.07) is 27.1. The number of hydrogen-bond donors (Lipinski definition) is 1. The van der Waals surface area contributed by atoms with Gasteiger partial charge >= 0.3 is 11.9 Å². The smallest absolute Gasteiger partial charge is 0.356 e. The van der Waals surface area contributed by atoms with Crippen molar-refractivity contribution < 1.29 is 28.7 Å². The van der Waals surface area contributed by atoms with Crippen molar-refractivity contribution in [3.63, 3.8) is 0 Å². The Morgan fingerprint density at radius 1 is 0.925 bits per heavy atom. The zero-order chi connectivity index (χ0) is 28.1. The molecule has 0 radical (unpaired) electrons. The molecule has 2 atom stereocenters. The molecule has 3 aromatic carbocycles. The number of amides is 2. The van der Waals surface area contributed by atoms with Crippen molar-refractivity contribution >= 4 is 35.5 Å². The summed E-state index contributed by atoms with van der Waals surface area (Å²) in [4.78, 5) is 52.8. The van der Waals surface area contributed by atoms with Crippen LogP contribution >= 0.6 is 11.8 Å². The number of carbonyl (C=O) groups is 4. The summed E-state index contributed by atoms with van der Waals surface area (Å²) in [5, 5.41) is 2.34. The Morgan fingerprint density at radius 2 is 1.50 bits per heavy atom. The topological polar surface area (TPSA) is 102 Å². The molecule has 1 N–H and O–H groups in total. The third kappa shape index (κ3) is 5.94. The molecule has 204 valence electrons. The van der Waals surface area contributed by atoms with Crippen LogP contribution in [0.15, 0.2) is 102 Å². The summed E-state index contributed by atoms with van der Waals surface area (Å²) in [7, 11) is 0. The number of hydrogen-bond acceptors (Lipinski definition) is 7. The Labute approximate surface area is 236 Å². The van der Waals surface area contributed by atoms with E-state index in [0.29, 0.717) is 11.3 Å². The number of thioether (sulfide) groups is 1. The van der Waals surface area contributed by atoms with E-state index in [4.69, 9.17) is 9.47 Å². The molecule has 8 nitrogen and oxygen atoms in total. The quantitative estimate of drug-likeness (QED) is 0.316. The van der Waals surface area contributed by atoms with Gasteiger partial charge in [-0.3, -0.25) is 19.3 Å². The first kappa shape index (κ1) is 27.2. The average molecular weight is 557 g/mol. The third-order valence-corrected chi connectivity index (χ3v) is 7.98. The standard InChI is InChI=1S/C31H28N2O6S/c1-20(34)38-18-24-19-40-30-26(32-25(35)17-21-11-5-2-6-12-21)29(36)33(30)27(24)31(37)39-28(22-13-7-3-8-14-22)23-15-9-4-10-16-23/h2-16,26,28,30H,17-19H2,1H3,(H,32,35)/t26?,30-/m0/s1. The largest absolute Gasteiger partial charge is 0.461 e. The van der Waals surface area contributed by atoms with Crippen LogP contribution in [-0.4, -0.2) is 52.4 Å². The van der Waals surface area contributed by atoms with Gasteiger partial charge in [-0.1, -0.05) is 91.0 Å². The van der Waals surface area contributed by atoms with Crippen molar-refractivity contribution in [1.29, 1.82) is 0 Å². The van der Waals surface area contributed by atoms with E-state index in [-0.39, 0.29) is 24.6 Å². The van der Waals surface area contributed by atoms with Gasteiger partial charge in [0.1, 0.15) is 23.7 Å². The summed E-state index contributed by atoms with van der Waals surface area (Å²) >= 11 is 1.40. The lowest BCUT2D eigenvalue weighted by molar-refractivity contribution is -0.155. The van der Waals surface area contributed by atoms with Crippen molar-refractivity contribution in [2.75, 3.05) is 12.4 Å². The molecule has 1 saturated heterocycles. The van der Waals surface area contributed by atoms with Crippen molar-refractivity contribution in [1.82, 2.24) is 10.2 Å². The lowest BCUT2D eigenvalue weighted by Gasteiger charge is -2.49. The lowest BCUT2D eigenvalue weighted by Crippen LogP contribution is -2.70. The van der Waals surface area contributed by atoms with Gasteiger partial charge in [0, 0.05) is 18.2 Å². The molecule has 0 saturated carbocycles. The van der Waals surface area contributed by atoms with Crippen molar-refractivity contribution in [3.05, 3.63) is 119 Å². The molecule has 2 aliphatic rings. The predicted molar refractivity (Wildman–Crippen MR) is 150 cm³/mol. The molecule has 5 rings (SSSR count). The Hall–Kier alpha value is -4.37. The molecule has 2 heterocycles. The van der Waals surface area contributed by atoms with Crippen molar-refractivity contribution in [2.45, 2.75) is 30.9 Å². The molecule has 0 spiro atoms. The first-order chi connectivity index (χ1) is 19.4. The van der Waals surface area contributed by atoms with Crippen LogP contribution in [0.5, 0.6) is 0 Å². The fourth-order valence-electron chi connectivity index (χ4n) is 4.72. The van der Waals surface area contributed by atoms with Crippen LogP contribution in [0, 0.1) is 0 Å². The molecule has 1 unspecified atom stereocenters. The van der Waals surface area contributed by atoms with E-state index in [1.807, 2.05) is 91.0 Å². The van der Waals surface area contributed by atoms with E-state index in [0.717, 1.165) is 16.7 Å². The molecule has 0 aromatic heterocycles. The molecule has 9 heteroatoms. The Morgan fingerprint density at radius 3 is 2.08 bits per heavy atom. The minimum Gasteiger partial charge on any atom is -0.461 e. The highest BCUT2D eigenvalue weighted by atomic mass is 32.2. The van der Waals surface area contributed by atoms with Gasteiger partial charge in [-0.2, -0.15) is 0 Å². The molecule has 0 bridgehead atoms. The van der Waals surface area contributed by atoms with Gasteiger partial charge in [-0.25, -0.2) is 4.79 Å². The number of carbonyl (C=O) groups excluding carboxylic acids is 4. The summed E-state index contributed by atoms with van der Waals surface area (Å²) in [6.45, 7) is 1.14. The maximum atomic E-state index is 13.8. The van der Waals surface area contributed by atoms with Crippen LogP contribution in [-0.2, 0) is 35.1 Å². The highest BCUT2D eigenvalue weighted by Crippen LogP contribution is 2.41. The fourth-order valence-corrected chi connectivity index (χ4v) is 6.05. The van der Waals surface area contributed by atoms with Crippen LogP contribution in [0.4, 0.5) is 0 Å². The number of β-lactam (4-membered cyclic amide) rings is 1. The lowest BCUT2D eigenvalue weighted by atomic mass is 10.0. The molecule has 40 heavy (non-hydrogen) atoms. The molecule has 2 aliphatic heterocycles. The number of nitrogens with one attached hydrogen (secondary N) is 1. The zero-order valence-electron chi connectivity index (χ0n) is 21.8. The Bertz CT molecular complexity index is 1390. The second kappa shape index (κ2) is 12.2. The zero-order valence-corrected chi connectivity index (χ0v) is 22.6. The van der Waals surface area contributed by atoms with E-state index in [1.165, 1.54) is 23.6 Å². The van der Waals surface area contributed by atoms with Gasteiger partial charge in [0.25, 0.3) is 5.91 Å². The highest BCUT2D eigenvalue weighted by molar-refractivity contribution is 8.00. The molecule has 1 fully saturated rings. The van der Waals surface area contributed by atoms with E-state index < -0.39 is 35.4 Å². The van der Waals surface area contributed by atoms with Gasteiger partial charge < -0.3 is 14.8 Å². The molecule has 3 aromatic rings. The van der Waals surface area contributed by atoms with E-state index in [1.54, 1.807) is 0 Å². The highest BCUT2D eigenvalue weighted by Gasteiger charge is 2.54. The first-order valence-corrected chi connectivity index (χ1v) is 13.9. The maximum Gasteiger partial charge on any atom is 0.356 e. The fraction of sp³-hybridized carbons (Fsp3) is 0.226. The monoisotopic (exact) mass is 556 g/mol. The van der Waals surface area contributed by atoms with Gasteiger partial charge in [0.2, 0.25) is 5.91 Å². The molecular formula is C31H28N2O6S. The Kier molecular flexibility index (Phi) is 8.31. The number of nitrogens with zero attached hydrogens (tertiary/aromatic N) is 1. The minimum atomic E-state index is -0.779. The van der Waals surface area contributed by atoms with Gasteiger partial charge in [-0.05, 0) is 16.7 Å². The van der Waals surface area contributed by atoms with Crippen LogP contribution < -0.4 is 5.32 Å². The average Bonchev–Trinajstić information content (AvgIpc) is 2.98. The maximum absolute atomic E-state index is 13.8. The minimum absolute atomic E-state index is 0.0559. The van der Waals surface area contributed by atoms with Crippen LogP contribution in [0.2, 0.25) is 0 Å². The number of ether oxygens (including phenoxy) is 2. The second-order valence-electron chi connectivity index (χ2n) is 9.46. The van der Waals surface area contributed by atoms with E-state index in [2.05, 4.69) is 5.32 Å². The normalized spacial score (nSPS) is 18.1. The number of esters is 2. The molecule has 0 aliphatic carbocycles.